The molecule has 0 radical (unpaired) electrons. The maximum Gasteiger partial charge on any atom is 0.275 e. The van der Waals surface area contributed by atoms with Crippen LogP contribution in [0.1, 0.15) is 27.7 Å². The minimum Gasteiger partial charge on any atom is -0.347 e. The first kappa shape index (κ1) is 19.3. The van der Waals surface area contributed by atoms with E-state index in [2.05, 4.69) is 12.2 Å². The van der Waals surface area contributed by atoms with Crippen molar-refractivity contribution in [3.63, 3.8) is 0 Å². The molecule has 0 saturated heterocycles. The highest BCUT2D eigenvalue weighted by Crippen LogP contribution is 2.17. The zero-order valence-corrected chi connectivity index (χ0v) is 16.5. The van der Waals surface area contributed by atoms with Crippen LogP contribution in [-0.4, -0.2) is 39.4 Å². The molecule has 1 heterocycles. The van der Waals surface area contributed by atoms with Crippen molar-refractivity contribution in [2.45, 2.75) is 46.4 Å². The van der Waals surface area contributed by atoms with Gasteiger partial charge in [-0.05, 0) is 39.9 Å². The van der Waals surface area contributed by atoms with E-state index in [0.717, 1.165) is 22.8 Å². The summed E-state index contributed by atoms with van der Waals surface area (Å²) in [6, 6.07) is 10.0. The lowest BCUT2D eigenvalue weighted by Crippen LogP contribution is -3.09. The first-order valence-electron chi connectivity index (χ1n) is 8.56. The van der Waals surface area contributed by atoms with Crippen molar-refractivity contribution in [3.05, 3.63) is 35.1 Å². The minimum atomic E-state index is -0.224. The maximum atomic E-state index is 12.1. The van der Waals surface area contributed by atoms with Crippen molar-refractivity contribution >= 4 is 18.1 Å². The van der Waals surface area contributed by atoms with Crippen LogP contribution in [0.3, 0.4) is 0 Å². The van der Waals surface area contributed by atoms with Crippen molar-refractivity contribution in [1.29, 1.82) is 0 Å². The summed E-state index contributed by atoms with van der Waals surface area (Å²) in [4.78, 5) is 13.1. The Morgan fingerprint density at radius 3 is 2.48 bits per heavy atom. The number of nitrogens with zero attached hydrogens (tertiary/aromatic N) is 3. The Kier molecular flexibility index (Phi) is 6.13. The standard InChI is InChI=1S/C18H27N5OS/c1-6-22-16(14-10-8-7-9-11-14)20-23(17(22)25)13-21(5)12-15(24)19-18(2,3)4/h7-11H,6,12-13H2,1-5H3,(H,19,24)/p+1. The SMILES string of the molecule is CCn1c(-c2ccccc2)nn(C[NH+](C)CC(=O)NC(C)(C)C)c1=S. The van der Waals surface area contributed by atoms with Crippen molar-refractivity contribution in [3.8, 4) is 11.4 Å². The molecule has 0 fully saturated rings. The Bertz CT molecular complexity index is 773. The summed E-state index contributed by atoms with van der Waals surface area (Å²) in [5.74, 6) is 0.884. The van der Waals surface area contributed by atoms with Crippen LogP contribution in [0.15, 0.2) is 30.3 Å². The quantitative estimate of drug-likeness (QED) is 0.766. The monoisotopic (exact) mass is 362 g/mol. The van der Waals surface area contributed by atoms with E-state index in [9.17, 15) is 4.79 Å². The third-order valence-corrected chi connectivity index (χ3v) is 4.10. The Labute approximate surface area is 154 Å². The number of rotatable bonds is 6. The fourth-order valence-electron chi connectivity index (χ4n) is 2.68. The summed E-state index contributed by atoms with van der Waals surface area (Å²) < 4.78 is 4.51. The Morgan fingerprint density at radius 1 is 1.28 bits per heavy atom. The third kappa shape index (κ3) is 5.24. The first-order valence-corrected chi connectivity index (χ1v) is 8.97. The fourth-order valence-corrected chi connectivity index (χ4v) is 3.00. The number of quaternary nitrogens is 1. The van der Waals surface area contributed by atoms with Crippen LogP contribution >= 0.6 is 12.2 Å². The van der Waals surface area contributed by atoms with Crippen LogP contribution in [-0.2, 0) is 18.0 Å². The van der Waals surface area contributed by atoms with E-state index in [4.69, 9.17) is 17.3 Å². The molecule has 1 aromatic carbocycles. The van der Waals surface area contributed by atoms with Gasteiger partial charge in [0.1, 0.15) is 0 Å². The average Bonchev–Trinajstić information content (AvgIpc) is 2.82. The number of aromatic nitrogens is 3. The normalized spacial score (nSPS) is 12.8. The van der Waals surface area contributed by atoms with Crippen LogP contribution in [0.2, 0.25) is 0 Å². The summed E-state index contributed by atoms with van der Waals surface area (Å²) in [6.45, 7) is 9.66. The van der Waals surface area contributed by atoms with E-state index in [0.29, 0.717) is 18.0 Å². The van der Waals surface area contributed by atoms with Crippen molar-refractivity contribution < 1.29 is 9.69 Å². The molecular weight excluding hydrogens is 334 g/mol. The van der Waals surface area contributed by atoms with Gasteiger partial charge >= 0.3 is 0 Å². The highest BCUT2D eigenvalue weighted by atomic mass is 32.1. The molecule has 136 valence electrons. The summed E-state index contributed by atoms with van der Waals surface area (Å²) in [7, 11) is 1.97. The number of carbonyl (C=O) groups is 1. The second-order valence-electron chi connectivity index (χ2n) is 7.31. The Balaban J connectivity index is 2.16. The van der Waals surface area contributed by atoms with E-state index in [1.54, 1.807) is 4.68 Å². The fraction of sp³-hybridized carbons (Fsp3) is 0.500. The van der Waals surface area contributed by atoms with Crippen molar-refractivity contribution in [1.82, 2.24) is 19.7 Å². The number of likely N-dealkylation sites (N-methyl/N-ethyl adjacent to an activating group) is 1. The van der Waals surface area contributed by atoms with Gasteiger partial charge in [0, 0.05) is 17.6 Å². The Hall–Kier alpha value is -1.99. The van der Waals surface area contributed by atoms with Crippen molar-refractivity contribution in [2.24, 2.45) is 0 Å². The zero-order chi connectivity index (χ0) is 18.6. The van der Waals surface area contributed by atoms with Gasteiger partial charge in [-0.1, -0.05) is 30.3 Å². The number of amides is 1. The predicted molar refractivity (Wildman–Crippen MR) is 102 cm³/mol. The lowest BCUT2D eigenvalue weighted by molar-refractivity contribution is -0.895. The molecular formula is C18H28N5OS+. The smallest absolute Gasteiger partial charge is 0.275 e. The lowest BCUT2D eigenvalue weighted by Gasteiger charge is -2.21. The molecule has 0 spiro atoms. The van der Waals surface area contributed by atoms with Crippen LogP contribution in [0, 0.1) is 4.77 Å². The highest BCUT2D eigenvalue weighted by molar-refractivity contribution is 7.71. The molecule has 2 N–H and O–H groups in total. The molecule has 2 rings (SSSR count). The topological polar surface area (TPSA) is 56.3 Å². The van der Waals surface area contributed by atoms with Gasteiger partial charge in [0.2, 0.25) is 4.77 Å². The molecule has 1 amide bonds. The molecule has 0 bridgehead atoms. The number of benzene rings is 1. The first-order chi connectivity index (χ1) is 11.7. The van der Waals surface area contributed by atoms with Gasteiger partial charge in [-0.15, -0.1) is 5.10 Å². The molecule has 0 aliphatic rings. The molecule has 2 aromatic rings. The molecule has 1 unspecified atom stereocenters. The van der Waals surface area contributed by atoms with Crippen LogP contribution < -0.4 is 10.2 Å². The van der Waals surface area contributed by atoms with Gasteiger partial charge in [-0.2, -0.15) is 4.68 Å². The zero-order valence-electron chi connectivity index (χ0n) is 15.7. The van der Waals surface area contributed by atoms with E-state index in [-0.39, 0.29) is 11.4 Å². The summed E-state index contributed by atoms with van der Waals surface area (Å²) in [5, 5.41) is 7.68. The van der Waals surface area contributed by atoms with Gasteiger partial charge in [0.05, 0.1) is 7.05 Å². The summed E-state index contributed by atoms with van der Waals surface area (Å²) in [5.41, 5.74) is 0.815. The minimum absolute atomic E-state index is 0.0229. The van der Waals surface area contributed by atoms with E-state index in [1.807, 2.05) is 62.7 Å². The lowest BCUT2D eigenvalue weighted by atomic mass is 10.1. The third-order valence-electron chi connectivity index (χ3n) is 3.67. The summed E-state index contributed by atoms with van der Waals surface area (Å²) in [6.07, 6.45) is 0. The molecule has 1 atom stereocenters. The molecule has 0 aliphatic heterocycles. The van der Waals surface area contributed by atoms with Gasteiger partial charge in [-0.3, -0.25) is 4.79 Å². The van der Waals surface area contributed by atoms with Crippen LogP contribution in [0.4, 0.5) is 0 Å². The molecule has 1 aromatic heterocycles. The molecule has 25 heavy (non-hydrogen) atoms. The Morgan fingerprint density at radius 2 is 1.92 bits per heavy atom. The van der Waals surface area contributed by atoms with Crippen molar-refractivity contribution in [2.75, 3.05) is 13.6 Å². The second-order valence-corrected chi connectivity index (χ2v) is 7.67. The van der Waals surface area contributed by atoms with Gasteiger partial charge in [0.25, 0.3) is 5.91 Å². The molecule has 0 saturated carbocycles. The van der Waals surface area contributed by atoms with Gasteiger partial charge < -0.3 is 14.8 Å². The van der Waals surface area contributed by atoms with E-state index in [1.165, 1.54) is 0 Å². The van der Waals surface area contributed by atoms with Gasteiger partial charge in [0.15, 0.2) is 19.0 Å². The molecule has 0 aliphatic carbocycles. The maximum absolute atomic E-state index is 12.1. The number of nitrogens with one attached hydrogen (secondary N) is 2. The molecule has 7 heteroatoms. The van der Waals surface area contributed by atoms with Gasteiger partial charge in [-0.25, -0.2) is 0 Å². The molecule has 6 nitrogen and oxygen atoms in total. The largest absolute Gasteiger partial charge is 0.347 e. The number of hydrogen-bond acceptors (Lipinski definition) is 3. The highest BCUT2D eigenvalue weighted by Gasteiger charge is 2.19. The predicted octanol–water partition coefficient (Wildman–Crippen LogP) is 1.49. The summed E-state index contributed by atoms with van der Waals surface area (Å²) >= 11 is 5.58. The number of carbonyl (C=O) groups excluding carboxylic acids is 1. The van der Waals surface area contributed by atoms with Crippen LogP contribution in [0.25, 0.3) is 11.4 Å². The average molecular weight is 363 g/mol. The van der Waals surface area contributed by atoms with E-state index >= 15 is 0 Å². The van der Waals surface area contributed by atoms with E-state index < -0.39 is 0 Å². The van der Waals surface area contributed by atoms with Crippen LogP contribution in [0.5, 0.6) is 0 Å². The second kappa shape index (κ2) is 7.93. The number of hydrogen-bond donors (Lipinski definition) is 2.